The van der Waals surface area contributed by atoms with Crippen LogP contribution in [-0.2, 0) is 0 Å². The molecule has 9 aromatic rings. The lowest BCUT2D eigenvalue weighted by Gasteiger charge is -2.50. The number of fused-ring (bicyclic) bond motifs is 7. The van der Waals surface area contributed by atoms with E-state index in [1.807, 2.05) is 0 Å². The Kier molecular flexibility index (Phi) is 6.31. The van der Waals surface area contributed by atoms with Crippen LogP contribution in [0.4, 0.5) is 22.7 Å². The highest BCUT2D eigenvalue weighted by Crippen LogP contribution is 2.59. The van der Waals surface area contributed by atoms with Gasteiger partial charge in [-0.3, -0.25) is 0 Å². The monoisotopic (exact) mass is 663 g/mol. The Balaban J connectivity index is 1.15. The molecule has 0 aliphatic carbocycles. The van der Waals surface area contributed by atoms with Crippen molar-refractivity contribution in [1.29, 1.82) is 0 Å². The summed E-state index contributed by atoms with van der Waals surface area (Å²) in [5.74, 6) is 0. The van der Waals surface area contributed by atoms with Crippen LogP contribution >= 0.6 is 0 Å². The highest BCUT2D eigenvalue weighted by molar-refractivity contribution is 6.10. The van der Waals surface area contributed by atoms with Gasteiger partial charge in [0.05, 0.1) is 22.4 Å². The fourth-order valence-corrected chi connectivity index (χ4v) is 8.75. The number of para-hydroxylation sites is 5. The molecule has 2 aliphatic heterocycles. The van der Waals surface area contributed by atoms with Gasteiger partial charge in [0.15, 0.2) is 0 Å². The molecular weight excluding hydrogens is 631 g/mol. The predicted octanol–water partition coefficient (Wildman–Crippen LogP) is 13.1. The van der Waals surface area contributed by atoms with Crippen molar-refractivity contribution in [2.24, 2.45) is 0 Å². The van der Waals surface area contributed by atoms with Crippen LogP contribution in [0, 0.1) is 0 Å². The molecule has 1 aromatic heterocycles. The van der Waals surface area contributed by atoms with Crippen LogP contribution in [0.1, 0.15) is 11.7 Å². The molecule has 1 atom stereocenters. The number of nitrogens with zero attached hydrogens (tertiary/aromatic N) is 3. The molecule has 3 heterocycles. The summed E-state index contributed by atoms with van der Waals surface area (Å²) in [5, 5.41) is 2.52. The molecule has 3 heteroatoms. The number of anilines is 4. The van der Waals surface area contributed by atoms with Crippen molar-refractivity contribution >= 4 is 44.6 Å². The summed E-state index contributed by atoms with van der Waals surface area (Å²) in [6, 6.07) is 70.9. The number of aromatic nitrogens is 1. The molecule has 0 N–H and O–H groups in total. The molecule has 0 amide bonds. The predicted molar refractivity (Wildman–Crippen MR) is 217 cm³/mol. The third-order valence-electron chi connectivity index (χ3n) is 10.9. The number of hydrogen-bond donors (Lipinski definition) is 0. The van der Waals surface area contributed by atoms with Gasteiger partial charge in [0.25, 0.3) is 0 Å². The normalized spacial score (nSPS) is 14.3. The zero-order valence-electron chi connectivity index (χ0n) is 28.4. The zero-order chi connectivity index (χ0) is 34.2. The van der Waals surface area contributed by atoms with Crippen molar-refractivity contribution < 1.29 is 0 Å². The summed E-state index contributed by atoms with van der Waals surface area (Å²) in [4.78, 5) is 5.08. The van der Waals surface area contributed by atoms with E-state index in [4.69, 9.17) is 0 Å². The van der Waals surface area contributed by atoms with E-state index in [0.717, 1.165) is 5.69 Å². The van der Waals surface area contributed by atoms with Crippen LogP contribution in [0.2, 0.25) is 0 Å². The summed E-state index contributed by atoms with van der Waals surface area (Å²) in [6.07, 6.45) is -0.0790. The van der Waals surface area contributed by atoms with E-state index in [1.54, 1.807) is 0 Å². The average Bonchev–Trinajstić information content (AvgIpc) is 3.55. The zero-order valence-corrected chi connectivity index (χ0v) is 28.4. The van der Waals surface area contributed by atoms with Crippen LogP contribution in [0.25, 0.3) is 60.9 Å². The molecule has 52 heavy (non-hydrogen) atoms. The maximum atomic E-state index is 2.55. The fourth-order valence-electron chi connectivity index (χ4n) is 8.75. The summed E-state index contributed by atoms with van der Waals surface area (Å²) in [7, 11) is 0. The van der Waals surface area contributed by atoms with Gasteiger partial charge >= 0.3 is 0 Å². The second-order valence-electron chi connectivity index (χ2n) is 13.7. The first-order valence-electron chi connectivity index (χ1n) is 18.0. The smallest absolute Gasteiger partial charge is 0.138 e. The van der Waals surface area contributed by atoms with Crippen LogP contribution < -0.4 is 9.80 Å². The molecule has 8 aromatic carbocycles. The molecule has 0 fully saturated rings. The van der Waals surface area contributed by atoms with E-state index >= 15 is 0 Å². The minimum absolute atomic E-state index is 0.0790. The van der Waals surface area contributed by atoms with Gasteiger partial charge in [-0.25, -0.2) is 0 Å². The van der Waals surface area contributed by atoms with Gasteiger partial charge in [0, 0.05) is 44.5 Å². The van der Waals surface area contributed by atoms with E-state index in [-0.39, 0.29) is 6.17 Å². The molecule has 0 radical (unpaired) electrons. The van der Waals surface area contributed by atoms with Crippen molar-refractivity contribution in [3.63, 3.8) is 0 Å². The molecule has 1 unspecified atom stereocenters. The van der Waals surface area contributed by atoms with E-state index in [2.05, 4.69) is 208 Å². The largest absolute Gasteiger partial charge is 0.315 e. The van der Waals surface area contributed by atoms with Crippen LogP contribution in [-0.4, -0.2) is 4.57 Å². The third-order valence-corrected chi connectivity index (χ3v) is 10.9. The summed E-state index contributed by atoms with van der Waals surface area (Å²) >= 11 is 0. The summed E-state index contributed by atoms with van der Waals surface area (Å²) in [6.45, 7) is 0. The second-order valence-corrected chi connectivity index (χ2v) is 13.7. The van der Waals surface area contributed by atoms with E-state index in [0.29, 0.717) is 0 Å². The van der Waals surface area contributed by atoms with Gasteiger partial charge in [0.2, 0.25) is 0 Å². The average molecular weight is 664 g/mol. The Bertz CT molecular complexity index is 2800. The van der Waals surface area contributed by atoms with Crippen LogP contribution in [0.5, 0.6) is 0 Å². The topological polar surface area (TPSA) is 11.4 Å². The maximum Gasteiger partial charge on any atom is 0.138 e. The summed E-state index contributed by atoms with van der Waals surface area (Å²) in [5.41, 5.74) is 17.2. The van der Waals surface area contributed by atoms with Crippen molar-refractivity contribution in [3.05, 3.63) is 200 Å². The van der Waals surface area contributed by atoms with Crippen LogP contribution in [0.15, 0.2) is 194 Å². The van der Waals surface area contributed by atoms with Gasteiger partial charge in [-0.15, -0.1) is 0 Å². The lowest BCUT2D eigenvalue weighted by Crippen LogP contribution is -2.41. The van der Waals surface area contributed by atoms with Crippen LogP contribution in [0.3, 0.4) is 0 Å². The Morgan fingerprint density at radius 3 is 1.58 bits per heavy atom. The van der Waals surface area contributed by atoms with Gasteiger partial charge < -0.3 is 14.4 Å². The van der Waals surface area contributed by atoms with Gasteiger partial charge in [-0.1, -0.05) is 121 Å². The third kappa shape index (κ3) is 4.20. The van der Waals surface area contributed by atoms with Crippen molar-refractivity contribution in [2.45, 2.75) is 6.17 Å². The van der Waals surface area contributed by atoms with Gasteiger partial charge in [-0.05, 0) is 95.1 Å². The summed E-state index contributed by atoms with van der Waals surface area (Å²) < 4.78 is 2.38. The first-order chi connectivity index (χ1) is 25.8. The fraction of sp³-hybridized carbons (Fsp3) is 0.0204. The molecule has 3 nitrogen and oxygen atoms in total. The molecular formula is C49H33N3. The minimum Gasteiger partial charge on any atom is -0.315 e. The molecule has 0 spiro atoms. The van der Waals surface area contributed by atoms with Crippen molar-refractivity contribution in [3.8, 4) is 39.1 Å². The molecule has 0 bridgehead atoms. The highest BCUT2D eigenvalue weighted by atomic mass is 15.4. The standard InChI is InChI=1S/C49H33N3/c1-4-15-35(16-5-1)50-44-25-12-11-22-39(44)42-31-33(27-29-46(42)50)34-28-30-47-43(32-34)41-24-14-23-40-38-21-10-13-26-45(38)51(36-17-6-2-7-18-36)49(48(40)41)52(47)37-19-8-3-9-20-37/h1-32,49H. The number of rotatable bonds is 4. The van der Waals surface area contributed by atoms with Gasteiger partial charge in [0.1, 0.15) is 6.17 Å². The minimum atomic E-state index is -0.0790. The van der Waals surface area contributed by atoms with Gasteiger partial charge in [-0.2, -0.15) is 0 Å². The van der Waals surface area contributed by atoms with E-state index in [1.165, 1.54) is 83.5 Å². The molecule has 0 saturated heterocycles. The Hall–Kier alpha value is -6.84. The maximum absolute atomic E-state index is 2.55. The number of benzene rings is 8. The Labute approximate surface area is 302 Å². The number of hydrogen-bond acceptors (Lipinski definition) is 2. The molecule has 11 rings (SSSR count). The lowest BCUT2D eigenvalue weighted by molar-refractivity contribution is 0.694. The van der Waals surface area contributed by atoms with E-state index in [9.17, 15) is 0 Å². The second kappa shape index (κ2) is 11.3. The van der Waals surface area contributed by atoms with Crippen molar-refractivity contribution in [2.75, 3.05) is 9.80 Å². The lowest BCUT2D eigenvalue weighted by atomic mass is 9.81. The quantitative estimate of drug-likeness (QED) is 0.186. The SMILES string of the molecule is c1ccc(N2c3ccccc3-c3cccc4c3C2N(c2ccccc2)c2ccc(-c3ccc5c(c3)c3ccccc3n5-c3ccccc3)cc2-4)cc1. The highest BCUT2D eigenvalue weighted by Gasteiger charge is 2.42. The van der Waals surface area contributed by atoms with E-state index < -0.39 is 0 Å². The Morgan fingerprint density at radius 1 is 0.327 bits per heavy atom. The first kappa shape index (κ1) is 28.9. The first-order valence-corrected chi connectivity index (χ1v) is 18.0. The molecule has 244 valence electrons. The molecule has 0 saturated carbocycles. The Morgan fingerprint density at radius 2 is 0.846 bits per heavy atom. The van der Waals surface area contributed by atoms with Crippen molar-refractivity contribution in [1.82, 2.24) is 4.57 Å². The molecule has 2 aliphatic rings.